The Morgan fingerprint density at radius 3 is 3.07 bits per heavy atom. The van der Waals surface area contributed by atoms with Gasteiger partial charge < -0.3 is 0 Å². The van der Waals surface area contributed by atoms with Crippen molar-refractivity contribution < 1.29 is 4.79 Å². The lowest BCUT2D eigenvalue weighted by Crippen LogP contribution is -2.21. The Morgan fingerprint density at radius 1 is 1.67 bits per heavy atom. The second-order valence-electron chi connectivity index (χ2n) is 3.55. The summed E-state index contributed by atoms with van der Waals surface area (Å²) in [5.41, 5.74) is 1.64. The van der Waals surface area contributed by atoms with Crippen LogP contribution in [0.1, 0.15) is 29.5 Å². The van der Waals surface area contributed by atoms with Crippen LogP contribution in [0.25, 0.3) is 0 Å². The van der Waals surface area contributed by atoms with Crippen LogP contribution in [0.4, 0.5) is 0 Å². The molecule has 0 N–H and O–H groups in total. The third-order valence-electron chi connectivity index (χ3n) is 2.55. The molecule has 0 saturated heterocycles. The van der Waals surface area contributed by atoms with Gasteiger partial charge in [0.05, 0.1) is 13.1 Å². The smallest absolute Gasteiger partial charge is 0.185 e. The van der Waals surface area contributed by atoms with E-state index in [-0.39, 0.29) is 11.7 Å². The molecule has 0 amide bonds. The molecule has 1 aliphatic carbocycles. The average molecular weight is 279 g/mol. The summed E-state index contributed by atoms with van der Waals surface area (Å²) in [6.07, 6.45) is 1.79. The number of aromatic nitrogens is 3. The van der Waals surface area contributed by atoms with E-state index >= 15 is 0 Å². The lowest BCUT2D eigenvalue weighted by molar-refractivity contribution is 0.0907. The van der Waals surface area contributed by atoms with Gasteiger partial charge in [0.25, 0.3) is 0 Å². The summed E-state index contributed by atoms with van der Waals surface area (Å²) < 4.78 is 1.82. The van der Waals surface area contributed by atoms with Crippen molar-refractivity contribution >= 4 is 39.0 Å². The summed E-state index contributed by atoms with van der Waals surface area (Å²) in [6, 6.07) is 0. The molecular weight excluding hydrogens is 266 g/mol. The largest absolute Gasteiger partial charge is 0.292 e. The number of fused-ring (bicyclic) bond motifs is 1. The molecule has 0 aliphatic heterocycles. The molecule has 5 unspecified atom stereocenters. The van der Waals surface area contributed by atoms with Crippen molar-refractivity contribution in [1.82, 2.24) is 14.8 Å². The molecule has 0 radical (unpaired) electrons. The van der Waals surface area contributed by atoms with E-state index in [1.165, 1.54) is 0 Å². The average Bonchev–Trinajstić information content (AvgIpc) is 2.67. The normalized spacial score (nSPS) is 23.4. The monoisotopic (exact) mass is 279 g/mol. The summed E-state index contributed by atoms with van der Waals surface area (Å²) in [6.45, 7) is 1.98. The fourth-order valence-corrected chi connectivity index (χ4v) is 4.52. The first-order valence-corrected chi connectivity index (χ1v) is 11.2. The minimum Gasteiger partial charge on any atom is -0.292 e. The molecule has 15 heavy (non-hydrogen) atoms. The quantitative estimate of drug-likeness (QED) is 0.781. The Labute approximate surface area is 96.0 Å². The van der Waals surface area contributed by atoms with Crippen LogP contribution in [0.2, 0.25) is 0 Å². The van der Waals surface area contributed by atoms with Gasteiger partial charge in [0.2, 0.25) is 0 Å². The van der Waals surface area contributed by atoms with Crippen LogP contribution in [0.15, 0.2) is 0 Å². The Kier molecular flexibility index (Phi) is 3.84. The fraction of sp³-hybridized carbons (Fsp3) is 0.571. The van der Waals surface area contributed by atoms with Gasteiger partial charge in [0, 0.05) is 5.92 Å². The van der Waals surface area contributed by atoms with Gasteiger partial charge >= 0.3 is 0 Å². The summed E-state index contributed by atoms with van der Waals surface area (Å²) >= 11 is 0. The molecule has 8 heteroatoms. The number of Topliss-reactive ketones (excluding diaryl/α,β-unsaturated/α-hetero) is 1. The van der Waals surface area contributed by atoms with Crippen molar-refractivity contribution in [2.75, 3.05) is 0 Å². The number of nitrogens with zero attached hydrogens (tertiary/aromatic N) is 3. The zero-order chi connectivity index (χ0) is 11.0. The summed E-state index contributed by atoms with van der Waals surface area (Å²) in [7, 11) is 5.69. The Morgan fingerprint density at radius 2 is 2.40 bits per heavy atom. The summed E-state index contributed by atoms with van der Waals surface area (Å²) in [4.78, 5) is 12.0. The lowest BCUT2D eigenvalue weighted by Gasteiger charge is -2.18. The minimum atomic E-state index is -0.467. The van der Waals surface area contributed by atoms with E-state index in [1.54, 1.807) is 0 Å². The first-order chi connectivity index (χ1) is 7.15. The molecule has 1 aromatic heterocycles. The maximum atomic E-state index is 12.0. The second kappa shape index (κ2) is 4.80. The van der Waals surface area contributed by atoms with Gasteiger partial charge in [-0.1, -0.05) is 21.1 Å². The number of hydrogen-bond acceptors (Lipinski definition) is 3. The maximum Gasteiger partial charge on any atom is 0.185 e. The van der Waals surface area contributed by atoms with E-state index in [0.717, 1.165) is 24.2 Å². The van der Waals surface area contributed by atoms with E-state index in [2.05, 4.69) is 28.2 Å². The highest BCUT2D eigenvalue weighted by atomic mass is 32.6. The first kappa shape index (κ1) is 12.0. The van der Waals surface area contributed by atoms with Crippen molar-refractivity contribution in [3.8, 4) is 0 Å². The highest BCUT2D eigenvalue weighted by molar-refractivity contribution is 8.60. The Hall–Kier alpha value is 0.530. The van der Waals surface area contributed by atoms with E-state index < -0.39 is 7.45 Å². The molecule has 0 spiro atoms. The van der Waals surface area contributed by atoms with Gasteiger partial charge in [-0.15, -0.1) is 14.0 Å². The highest BCUT2D eigenvalue weighted by Crippen LogP contribution is 2.66. The van der Waals surface area contributed by atoms with Crippen LogP contribution in [0, 0.1) is 5.92 Å². The van der Waals surface area contributed by atoms with Gasteiger partial charge in [0.1, 0.15) is 5.69 Å². The Bertz CT molecular complexity index is 394. The molecule has 0 saturated carbocycles. The van der Waals surface area contributed by atoms with E-state index in [4.69, 9.17) is 0 Å². The van der Waals surface area contributed by atoms with E-state index in [0.29, 0.717) is 7.96 Å². The highest BCUT2D eigenvalue weighted by Gasteiger charge is 2.30. The number of ketones is 1. The number of hydrogen-bond donors (Lipinski definition) is 0. The summed E-state index contributed by atoms with van der Waals surface area (Å²) in [5.74, 6) is 0.329. The third kappa shape index (κ3) is 2.16. The third-order valence-corrected chi connectivity index (χ3v) is 11.9. The molecule has 82 valence electrons. The van der Waals surface area contributed by atoms with Crippen LogP contribution in [0.3, 0.4) is 0 Å². The van der Waals surface area contributed by atoms with Crippen LogP contribution >= 0.6 is 33.3 Å². The molecule has 1 aromatic rings. The number of carbonyl (C=O) groups is 1. The fourth-order valence-electron chi connectivity index (χ4n) is 1.64. The SMILES string of the molecule is CC1CCc2nnn(P(P)PP)c2C1=O. The van der Waals surface area contributed by atoms with Crippen molar-refractivity contribution in [2.45, 2.75) is 19.8 Å². The molecule has 4 nitrogen and oxygen atoms in total. The van der Waals surface area contributed by atoms with Crippen molar-refractivity contribution in [3.63, 3.8) is 0 Å². The molecule has 0 fully saturated rings. The molecule has 0 bridgehead atoms. The van der Waals surface area contributed by atoms with Gasteiger partial charge in [0.15, 0.2) is 5.78 Å². The molecule has 5 atom stereocenters. The topological polar surface area (TPSA) is 47.8 Å². The first-order valence-electron chi connectivity index (χ1n) is 4.65. The number of rotatable bonds is 2. The van der Waals surface area contributed by atoms with Gasteiger partial charge in [-0.3, -0.25) is 4.79 Å². The lowest BCUT2D eigenvalue weighted by atomic mass is 9.90. The van der Waals surface area contributed by atoms with Gasteiger partial charge in [-0.05, 0) is 20.8 Å². The van der Waals surface area contributed by atoms with E-state index in [1.807, 2.05) is 11.4 Å². The van der Waals surface area contributed by atoms with Crippen LogP contribution in [0.5, 0.6) is 0 Å². The zero-order valence-electron chi connectivity index (χ0n) is 8.34. The predicted molar refractivity (Wildman–Crippen MR) is 71.9 cm³/mol. The van der Waals surface area contributed by atoms with Gasteiger partial charge in [-0.25, -0.2) is 4.45 Å². The van der Waals surface area contributed by atoms with Crippen LogP contribution in [-0.4, -0.2) is 20.5 Å². The molecule has 1 aliphatic rings. The summed E-state index contributed by atoms with van der Waals surface area (Å²) in [5, 5.41) is 8.20. The molecule has 2 rings (SSSR count). The molecular formula is C7H13N3OP4. The number of aryl methyl sites for hydroxylation is 1. The van der Waals surface area contributed by atoms with Crippen molar-refractivity contribution in [1.29, 1.82) is 0 Å². The molecule has 1 heterocycles. The predicted octanol–water partition coefficient (Wildman–Crippen LogP) is 2.46. The van der Waals surface area contributed by atoms with Gasteiger partial charge in [-0.2, -0.15) is 0 Å². The van der Waals surface area contributed by atoms with E-state index in [9.17, 15) is 4.79 Å². The van der Waals surface area contributed by atoms with Crippen molar-refractivity contribution in [3.05, 3.63) is 11.4 Å². The maximum absolute atomic E-state index is 12.0. The second-order valence-corrected chi connectivity index (χ2v) is 12.4. The Balaban J connectivity index is 2.44. The van der Waals surface area contributed by atoms with Crippen LogP contribution in [-0.2, 0) is 6.42 Å². The number of carbonyl (C=O) groups excluding carboxylic acids is 1. The minimum absolute atomic E-state index is 0.121. The van der Waals surface area contributed by atoms with Crippen molar-refractivity contribution in [2.24, 2.45) is 5.92 Å². The van der Waals surface area contributed by atoms with Crippen LogP contribution < -0.4 is 0 Å². The zero-order valence-corrected chi connectivity index (χ0v) is 12.5. The standard InChI is InChI=1S/C7H13N3OP4/c1-4-2-3-5-6(7(4)11)10(9-8-5)15(13)14-12/h4,14H,2-3,12-13H2,1H3. The molecule has 0 aromatic carbocycles.